The van der Waals surface area contributed by atoms with Gasteiger partial charge in [0.25, 0.3) is 5.56 Å². The Hall–Kier alpha value is -2.41. The van der Waals surface area contributed by atoms with Crippen molar-refractivity contribution in [1.29, 1.82) is 0 Å². The van der Waals surface area contributed by atoms with Crippen LogP contribution in [0.5, 0.6) is 0 Å². The highest BCUT2D eigenvalue weighted by Gasteiger charge is 2.45. The fourth-order valence-electron chi connectivity index (χ4n) is 4.85. The SMILES string of the molecule is CCc1c(C)nc2cc([C@H]3CCCN3C(=O)[C@@H]3C[C@H]4C=C[C@H]3O4)[nH]n2c1=O. The molecule has 4 atom stereocenters. The molecule has 3 aliphatic heterocycles. The second kappa shape index (κ2) is 6.05. The summed E-state index contributed by atoms with van der Waals surface area (Å²) in [6.07, 6.45) is 7.37. The van der Waals surface area contributed by atoms with Gasteiger partial charge in [-0.05, 0) is 32.6 Å². The number of nitrogens with one attached hydrogen (secondary N) is 1. The topological polar surface area (TPSA) is 79.7 Å². The predicted octanol–water partition coefficient (Wildman–Crippen LogP) is 1.90. The zero-order valence-electron chi connectivity index (χ0n) is 15.6. The molecule has 2 fully saturated rings. The minimum Gasteiger partial charge on any atom is -0.366 e. The van der Waals surface area contributed by atoms with Crippen molar-refractivity contribution in [3.63, 3.8) is 0 Å². The molecule has 142 valence electrons. The summed E-state index contributed by atoms with van der Waals surface area (Å²) in [6, 6.07) is 1.88. The van der Waals surface area contributed by atoms with Gasteiger partial charge in [-0.1, -0.05) is 19.1 Å². The van der Waals surface area contributed by atoms with Crippen molar-refractivity contribution in [3.05, 3.63) is 45.5 Å². The first-order valence-electron chi connectivity index (χ1n) is 9.82. The van der Waals surface area contributed by atoms with E-state index in [9.17, 15) is 9.59 Å². The second-order valence-corrected chi connectivity index (χ2v) is 7.80. The number of carbonyl (C=O) groups is 1. The van der Waals surface area contributed by atoms with Gasteiger partial charge in [-0.25, -0.2) is 9.50 Å². The van der Waals surface area contributed by atoms with E-state index in [-0.39, 0.29) is 35.6 Å². The molecule has 0 aromatic carbocycles. The van der Waals surface area contributed by atoms with E-state index in [4.69, 9.17) is 4.74 Å². The van der Waals surface area contributed by atoms with E-state index in [1.165, 1.54) is 4.52 Å². The van der Waals surface area contributed by atoms with Gasteiger partial charge in [0.05, 0.1) is 29.9 Å². The number of aromatic nitrogens is 3. The van der Waals surface area contributed by atoms with Crippen LogP contribution in [0.3, 0.4) is 0 Å². The van der Waals surface area contributed by atoms with Crippen LogP contribution in [0.2, 0.25) is 0 Å². The summed E-state index contributed by atoms with van der Waals surface area (Å²) in [5.41, 5.74) is 2.96. The summed E-state index contributed by atoms with van der Waals surface area (Å²) in [7, 11) is 0. The number of hydrogen-bond acceptors (Lipinski definition) is 4. The first-order chi connectivity index (χ1) is 13.1. The van der Waals surface area contributed by atoms with Crippen molar-refractivity contribution >= 4 is 11.6 Å². The summed E-state index contributed by atoms with van der Waals surface area (Å²) in [5, 5.41) is 3.22. The number of rotatable bonds is 3. The van der Waals surface area contributed by atoms with E-state index < -0.39 is 0 Å². The lowest BCUT2D eigenvalue weighted by Gasteiger charge is -2.28. The highest BCUT2D eigenvalue weighted by atomic mass is 16.5. The highest BCUT2D eigenvalue weighted by molar-refractivity contribution is 5.81. The molecule has 7 nitrogen and oxygen atoms in total. The largest absolute Gasteiger partial charge is 0.366 e. The normalized spacial score (nSPS) is 29.3. The number of aryl methyl sites for hydroxylation is 1. The molecule has 1 amide bonds. The van der Waals surface area contributed by atoms with E-state index in [0.717, 1.165) is 42.8 Å². The van der Waals surface area contributed by atoms with Crippen molar-refractivity contribution in [3.8, 4) is 0 Å². The molecule has 2 aromatic heterocycles. The Kier molecular flexibility index (Phi) is 3.75. The summed E-state index contributed by atoms with van der Waals surface area (Å²) in [4.78, 5) is 32.4. The molecular weight excluding hydrogens is 344 g/mol. The smallest absolute Gasteiger partial charge is 0.276 e. The zero-order valence-corrected chi connectivity index (χ0v) is 15.6. The molecule has 0 spiro atoms. The van der Waals surface area contributed by atoms with Crippen molar-refractivity contribution < 1.29 is 9.53 Å². The molecular formula is C20H24N4O3. The molecule has 0 unspecified atom stereocenters. The number of likely N-dealkylation sites (tertiary alicyclic amines) is 1. The Morgan fingerprint density at radius 2 is 2.26 bits per heavy atom. The average molecular weight is 368 g/mol. The maximum Gasteiger partial charge on any atom is 0.276 e. The molecule has 3 aliphatic rings. The fraction of sp³-hybridized carbons (Fsp3) is 0.550. The Morgan fingerprint density at radius 1 is 1.41 bits per heavy atom. The lowest BCUT2D eigenvalue weighted by molar-refractivity contribution is -0.137. The molecule has 1 N–H and O–H groups in total. The Labute approximate surface area is 157 Å². The van der Waals surface area contributed by atoms with E-state index in [1.807, 2.05) is 30.9 Å². The quantitative estimate of drug-likeness (QED) is 0.839. The number of hydrogen-bond donors (Lipinski definition) is 1. The summed E-state index contributed by atoms with van der Waals surface area (Å²) < 4.78 is 7.31. The van der Waals surface area contributed by atoms with Gasteiger partial charge in [0.2, 0.25) is 5.91 Å². The third-order valence-corrected chi connectivity index (χ3v) is 6.23. The first-order valence-corrected chi connectivity index (χ1v) is 9.82. The second-order valence-electron chi connectivity index (χ2n) is 7.80. The predicted molar refractivity (Wildman–Crippen MR) is 99.5 cm³/mol. The number of aromatic amines is 1. The molecule has 0 aliphatic carbocycles. The molecule has 27 heavy (non-hydrogen) atoms. The van der Waals surface area contributed by atoms with Crippen LogP contribution in [0.1, 0.15) is 49.2 Å². The Balaban J connectivity index is 1.48. The maximum atomic E-state index is 13.2. The van der Waals surface area contributed by atoms with Crippen LogP contribution in [-0.2, 0) is 16.0 Å². The van der Waals surface area contributed by atoms with Crippen LogP contribution in [0.25, 0.3) is 5.65 Å². The highest BCUT2D eigenvalue weighted by Crippen LogP contribution is 2.39. The number of fused-ring (bicyclic) bond motifs is 3. The van der Waals surface area contributed by atoms with Gasteiger partial charge in [-0.3, -0.25) is 14.7 Å². The number of amides is 1. The monoisotopic (exact) mass is 368 g/mol. The van der Waals surface area contributed by atoms with Crippen molar-refractivity contribution in [2.75, 3.05) is 6.54 Å². The minimum absolute atomic E-state index is 0.0351. The Bertz CT molecular complexity index is 1000. The maximum absolute atomic E-state index is 13.2. The van der Waals surface area contributed by atoms with Crippen LogP contribution >= 0.6 is 0 Å². The van der Waals surface area contributed by atoms with Gasteiger partial charge in [0, 0.05) is 23.9 Å². The van der Waals surface area contributed by atoms with E-state index in [2.05, 4.69) is 16.2 Å². The molecule has 0 saturated carbocycles. The number of nitrogens with zero attached hydrogens (tertiary/aromatic N) is 3. The van der Waals surface area contributed by atoms with Gasteiger partial charge in [-0.2, -0.15) is 0 Å². The van der Waals surface area contributed by atoms with E-state index in [0.29, 0.717) is 12.1 Å². The Morgan fingerprint density at radius 3 is 2.96 bits per heavy atom. The fourth-order valence-corrected chi connectivity index (χ4v) is 4.85. The van der Waals surface area contributed by atoms with Crippen LogP contribution < -0.4 is 5.56 Å². The third kappa shape index (κ3) is 2.48. The minimum atomic E-state index is -0.0836. The molecule has 2 saturated heterocycles. The summed E-state index contributed by atoms with van der Waals surface area (Å²) in [5.74, 6) is 0.0819. The molecule has 7 heteroatoms. The van der Waals surface area contributed by atoms with Gasteiger partial charge in [0.1, 0.15) is 0 Å². The van der Waals surface area contributed by atoms with Crippen molar-refractivity contribution in [2.24, 2.45) is 5.92 Å². The van der Waals surface area contributed by atoms with Crippen LogP contribution in [0, 0.1) is 12.8 Å². The first kappa shape index (κ1) is 16.7. The molecule has 0 radical (unpaired) electrons. The summed E-state index contributed by atoms with van der Waals surface area (Å²) in [6.45, 7) is 4.59. The summed E-state index contributed by atoms with van der Waals surface area (Å²) >= 11 is 0. The molecule has 2 bridgehead atoms. The van der Waals surface area contributed by atoms with E-state index >= 15 is 0 Å². The molecule has 5 rings (SSSR count). The third-order valence-electron chi connectivity index (χ3n) is 6.23. The van der Waals surface area contributed by atoms with Gasteiger partial charge in [-0.15, -0.1) is 0 Å². The number of ether oxygens (including phenoxy) is 1. The molecule has 5 heterocycles. The van der Waals surface area contributed by atoms with E-state index in [1.54, 1.807) is 0 Å². The van der Waals surface area contributed by atoms with Gasteiger partial charge in [0.15, 0.2) is 5.65 Å². The zero-order chi connectivity index (χ0) is 18.7. The van der Waals surface area contributed by atoms with Crippen molar-refractivity contribution in [1.82, 2.24) is 19.5 Å². The van der Waals surface area contributed by atoms with Gasteiger partial charge >= 0.3 is 0 Å². The average Bonchev–Trinajstić information content (AvgIpc) is 3.42. The van der Waals surface area contributed by atoms with Crippen LogP contribution in [0.4, 0.5) is 0 Å². The lowest BCUT2D eigenvalue weighted by atomic mass is 9.92. The number of H-pyrrole nitrogens is 1. The standard InChI is InChI=1S/C20H24N4O3/c1-3-13-11(2)21-18-10-15(22-24(18)20(13)26)16-5-4-8-23(16)19(25)14-9-12-6-7-17(14)27-12/h6-7,10,12,14,16-17,22H,3-5,8-9H2,1-2H3/t12-,14-,16-,17-/m1/s1. The lowest BCUT2D eigenvalue weighted by Crippen LogP contribution is -2.39. The van der Waals surface area contributed by atoms with Gasteiger partial charge < -0.3 is 9.64 Å². The molecule has 2 aromatic rings. The van der Waals surface area contributed by atoms with Crippen LogP contribution in [-0.4, -0.2) is 44.2 Å². The van der Waals surface area contributed by atoms with Crippen LogP contribution in [0.15, 0.2) is 23.0 Å². The van der Waals surface area contributed by atoms with Crippen molar-refractivity contribution in [2.45, 2.75) is 57.8 Å². The number of carbonyl (C=O) groups excluding carboxylic acids is 1.